The fraction of sp³-hybridized carbons (Fsp3) is 0.208. The van der Waals surface area contributed by atoms with E-state index < -0.39 is 11.6 Å². The number of ether oxygens (including phenoxy) is 2. The molecule has 0 amide bonds. The highest BCUT2D eigenvalue weighted by atomic mass is 16.5. The van der Waals surface area contributed by atoms with Crippen molar-refractivity contribution in [3.63, 3.8) is 0 Å². The molecule has 3 aromatic rings. The lowest BCUT2D eigenvalue weighted by molar-refractivity contribution is 0.393. The molecule has 1 unspecified atom stereocenters. The normalized spacial score (nSPS) is 11.8. The Morgan fingerprint density at radius 1 is 1.16 bits per heavy atom. The summed E-state index contributed by atoms with van der Waals surface area (Å²) >= 11 is 0. The minimum absolute atomic E-state index is 0.0382. The van der Waals surface area contributed by atoms with Crippen LogP contribution in [0.5, 0.6) is 17.4 Å². The van der Waals surface area contributed by atoms with E-state index in [1.165, 1.54) is 17.9 Å². The summed E-state index contributed by atoms with van der Waals surface area (Å²) in [6.07, 6.45) is 1.43. The van der Waals surface area contributed by atoms with E-state index in [0.717, 1.165) is 5.56 Å². The zero-order valence-corrected chi connectivity index (χ0v) is 17.8. The largest absolute Gasteiger partial charge is 0.497 e. The van der Waals surface area contributed by atoms with E-state index in [1.807, 2.05) is 36.4 Å². The maximum absolute atomic E-state index is 13.0. The number of nitrogens with zero attached hydrogens (tertiary/aromatic N) is 3. The quantitative estimate of drug-likeness (QED) is 0.609. The lowest BCUT2D eigenvalue weighted by Gasteiger charge is -2.20. The van der Waals surface area contributed by atoms with Crippen LogP contribution in [0.1, 0.15) is 35.2 Å². The average molecular weight is 417 g/mol. The molecule has 31 heavy (non-hydrogen) atoms. The lowest BCUT2D eigenvalue weighted by atomic mass is 10.0. The standard InChI is InChI=1S/C24H23N3O4/c1-15-19(13-25)23(28)27(16(2)17-8-6-5-7-9-17)24(29)20(15)14-26-21-11-10-18(30-3)12-22(21)31-4/h5-12,14,16,29H,1-4H3. The van der Waals surface area contributed by atoms with E-state index >= 15 is 0 Å². The van der Waals surface area contributed by atoms with Gasteiger partial charge in [-0.05, 0) is 37.1 Å². The summed E-state index contributed by atoms with van der Waals surface area (Å²) in [6.45, 7) is 3.41. The van der Waals surface area contributed by atoms with Crippen LogP contribution in [0.4, 0.5) is 5.69 Å². The Balaban J connectivity index is 2.17. The number of hydrogen-bond acceptors (Lipinski definition) is 6. The second-order valence-electron chi connectivity index (χ2n) is 6.91. The molecule has 1 heterocycles. The topological polar surface area (TPSA) is 96.8 Å². The number of rotatable bonds is 6. The van der Waals surface area contributed by atoms with E-state index in [0.29, 0.717) is 22.7 Å². The zero-order valence-electron chi connectivity index (χ0n) is 17.8. The van der Waals surface area contributed by atoms with Gasteiger partial charge in [-0.3, -0.25) is 14.4 Å². The van der Waals surface area contributed by atoms with Crippen molar-refractivity contribution in [1.29, 1.82) is 5.26 Å². The first-order valence-electron chi connectivity index (χ1n) is 9.62. The van der Waals surface area contributed by atoms with Gasteiger partial charge in [-0.25, -0.2) is 0 Å². The molecule has 0 aliphatic heterocycles. The summed E-state index contributed by atoms with van der Waals surface area (Å²) in [4.78, 5) is 17.4. The third kappa shape index (κ3) is 4.14. The van der Waals surface area contributed by atoms with Crippen LogP contribution in [0.3, 0.4) is 0 Å². The van der Waals surface area contributed by atoms with Crippen LogP contribution >= 0.6 is 0 Å². The van der Waals surface area contributed by atoms with E-state index in [9.17, 15) is 15.2 Å². The summed E-state index contributed by atoms with van der Waals surface area (Å²) in [6, 6.07) is 15.9. The predicted molar refractivity (Wildman–Crippen MR) is 119 cm³/mol. The van der Waals surface area contributed by atoms with Crippen LogP contribution < -0.4 is 15.0 Å². The molecule has 0 bridgehead atoms. The lowest BCUT2D eigenvalue weighted by Crippen LogP contribution is -2.28. The van der Waals surface area contributed by atoms with Crippen molar-refractivity contribution in [1.82, 2.24) is 4.57 Å². The highest BCUT2D eigenvalue weighted by molar-refractivity contribution is 5.88. The molecule has 0 spiro atoms. The summed E-state index contributed by atoms with van der Waals surface area (Å²) in [5.74, 6) is 0.847. The Labute approximate surface area is 180 Å². The van der Waals surface area contributed by atoms with Crippen molar-refractivity contribution in [3.8, 4) is 23.4 Å². The summed E-state index contributed by atoms with van der Waals surface area (Å²) in [7, 11) is 3.08. The number of aromatic nitrogens is 1. The second-order valence-corrected chi connectivity index (χ2v) is 6.91. The van der Waals surface area contributed by atoms with Gasteiger partial charge in [0.15, 0.2) is 0 Å². The van der Waals surface area contributed by atoms with Crippen LogP contribution in [-0.2, 0) is 0 Å². The third-order valence-electron chi connectivity index (χ3n) is 5.18. The van der Waals surface area contributed by atoms with E-state index in [2.05, 4.69) is 4.99 Å². The summed E-state index contributed by atoms with van der Waals surface area (Å²) < 4.78 is 11.8. The van der Waals surface area contributed by atoms with Gasteiger partial charge in [-0.2, -0.15) is 5.26 Å². The Kier molecular flexibility index (Phi) is 6.41. The monoisotopic (exact) mass is 417 g/mol. The Bertz CT molecular complexity index is 1220. The number of aliphatic imine (C=N–C) groups is 1. The highest BCUT2D eigenvalue weighted by Gasteiger charge is 2.22. The van der Waals surface area contributed by atoms with Gasteiger partial charge < -0.3 is 14.6 Å². The van der Waals surface area contributed by atoms with E-state index in [-0.39, 0.29) is 17.0 Å². The Morgan fingerprint density at radius 2 is 1.87 bits per heavy atom. The van der Waals surface area contributed by atoms with E-state index in [4.69, 9.17) is 9.47 Å². The summed E-state index contributed by atoms with van der Waals surface area (Å²) in [5.41, 5.74) is 1.40. The number of hydrogen-bond donors (Lipinski definition) is 1. The molecule has 1 N–H and O–H groups in total. The van der Waals surface area contributed by atoms with Gasteiger partial charge in [-0.15, -0.1) is 0 Å². The molecule has 7 nitrogen and oxygen atoms in total. The number of nitriles is 1. The fourth-order valence-electron chi connectivity index (χ4n) is 3.36. The number of aromatic hydroxyl groups is 1. The van der Waals surface area contributed by atoms with Crippen molar-refractivity contribution in [3.05, 3.63) is 81.1 Å². The van der Waals surface area contributed by atoms with Crippen LogP contribution in [0.15, 0.2) is 58.3 Å². The first-order chi connectivity index (χ1) is 14.9. The van der Waals surface area contributed by atoms with Crippen molar-refractivity contribution in [2.45, 2.75) is 19.9 Å². The molecule has 0 radical (unpaired) electrons. The molecule has 0 saturated heterocycles. The van der Waals surface area contributed by atoms with Gasteiger partial charge in [-0.1, -0.05) is 30.3 Å². The minimum Gasteiger partial charge on any atom is -0.497 e. The molecule has 1 aromatic heterocycles. The van der Waals surface area contributed by atoms with Crippen molar-refractivity contribution in [2.24, 2.45) is 4.99 Å². The molecule has 1 atom stereocenters. The van der Waals surface area contributed by atoms with E-state index in [1.54, 1.807) is 39.2 Å². The smallest absolute Gasteiger partial charge is 0.272 e. The van der Waals surface area contributed by atoms with Gasteiger partial charge in [0.05, 0.1) is 25.8 Å². The third-order valence-corrected chi connectivity index (χ3v) is 5.18. The molecule has 7 heteroatoms. The van der Waals surface area contributed by atoms with Gasteiger partial charge in [0.1, 0.15) is 28.8 Å². The first kappa shape index (κ1) is 21.7. The molecule has 0 aliphatic rings. The molecule has 0 aliphatic carbocycles. The van der Waals surface area contributed by atoms with Gasteiger partial charge in [0.25, 0.3) is 5.56 Å². The maximum atomic E-state index is 13.0. The van der Waals surface area contributed by atoms with Crippen LogP contribution in [-0.4, -0.2) is 30.1 Å². The number of benzene rings is 2. The van der Waals surface area contributed by atoms with Gasteiger partial charge in [0, 0.05) is 12.3 Å². The minimum atomic E-state index is -0.548. The molecule has 3 rings (SSSR count). The van der Waals surface area contributed by atoms with Crippen molar-refractivity contribution < 1.29 is 14.6 Å². The maximum Gasteiger partial charge on any atom is 0.272 e. The fourth-order valence-corrected chi connectivity index (χ4v) is 3.36. The second kappa shape index (κ2) is 9.18. The molecule has 0 fully saturated rings. The van der Waals surface area contributed by atoms with Gasteiger partial charge >= 0.3 is 0 Å². The SMILES string of the molecule is COc1ccc(N=Cc2c(C)c(C#N)c(=O)n(C(C)c3ccccc3)c2O)c(OC)c1. The average Bonchev–Trinajstić information content (AvgIpc) is 2.79. The van der Waals surface area contributed by atoms with Crippen LogP contribution in [0.25, 0.3) is 0 Å². The van der Waals surface area contributed by atoms with Crippen molar-refractivity contribution in [2.75, 3.05) is 14.2 Å². The Hall–Kier alpha value is -4.05. The Morgan fingerprint density at radius 3 is 2.48 bits per heavy atom. The molecular formula is C24H23N3O4. The predicted octanol–water partition coefficient (Wildman–Crippen LogP) is 4.11. The summed E-state index contributed by atoms with van der Waals surface area (Å²) in [5, 5.41) is 20.6. The zero-order chi connectivity index (χ0) is 22.5. The molecule has 0 saturated carbocycles. The molecule has 2 aromatic carbocycles. The van der Waals surface area contributed by atoms with Crippen LogP contribution in [0.2, 0.25) is 0 Å². The first-order valence-corrected chi connectivity index (χ1v) is 9.62. The molecule has 158 valence electrons. The number of methoxy groups -OCH3 is 2. The number of pyridine rings is 1. The van der Waals surface area contributed by atoms with Crippen LogP contribution in [0, 0.1) is 18.3 Å². The molecular weight excluding hydrogens is 394 g/mol. The highest BCUT2D eigenvalue weighted by Crippen LogP contribution is 2.32. The van der Waals surface area contributed by atoms with Crippen molar-refractivity contribution >= 4 is 11.9 Å². The van der Waals surface area contributed by atoms with Gasteiger partial charge in [0.2, 0.25) is 5.88 Å².